The van der Waals surface area contributed by atoms with Crippen LogP contribution >= 0.6 is 11.8 Å². The molecule has 1 aromatic carbocycles. The topological polar surface area (TPSA) is 61.3 Å². The predicted octanol–water partition coefficient (Wildman–Crippen LogP) is 2.77. The van der Waals surface area contributed by atoms with Crippen LogP contribution in [-0.4, -0.2) is 23.9 Å². The molecule has 0 atom stereocenters. The van der Waals surface area contributed by atoms with Gasteiger partial charge >= 0.3 is 0 Å². The standard InChI is InChI=1S/C16H18N2O2S/c1-12-13(2)20-16(18-12)21-11-10-19-15-7-5-14(6-8-15)4-3-9-17/h5-8H,9-11,17H2,1-2H3. The van der Waals surface area contributed by atoms with E-state index in [1.165, 1.54) is 0 Å². The van der Waals surface area contributed by atoms with Crippen LogP contribution in [0.3, 0.4) is 0 Å². The van der Waals surface area contributed by atoms with Crippen LogP contribution in [0.5, 0.6) is 5.75 Å². The van der Waals surface area contributed by atoms with Gasteiger partial charge in [0.25, 0.3) is 5.22 Å². The first-order valence-corrected chi connectivity index (χ1v) is 7.66. The molecule has 0 bridgehead atoms. The first-order chi connectivity index (χ1) is 10.2. The molecule has 5 heteroatoms. The number of aryl methyl sites for hydroxylation is 2. The van der Waals surface area contributed by atoms with E-state index >= 15 is 0 Å². The SMILES string of the molecule is Cc1nc(SCCOc2ccc(C#CCN)cc2)oc1C. The number of aromatic nitrogens is 1. The van der Waals surface area contributed by atoms with Gasteiger partial charge in [0.1, 0.15) is 11.5 Å². The zero-order chi connectivity index (χ0) is 15.1. The number of thioether (sulfide) groups is 1. The summed E-state index contributed by atoms with van der Waals surface area (Å²) in [7, 11) is 0. The third kappa shape index (κ3) is 4.85. The number of nitrogens with zero attached hydrogens (tertiary/aromatic N) is 1. The fourth-order valence-electron chi connectivity index (χ4n) is 1.58. The van der Waals surface area contributed by atoms with Gasteiger partial charge in [-0.05, 0) is 38.1 Å². The molecule has 1 aromatic heterocycles. The van der Waals surface area contributed by atoms with Gasteiger partial charge in [-0.2, -0.15) is 0 Å². The van der Waals surface area contributed by atoms with E-state index in [2.05, 4.69) is 16.8 Å². The summed E-state index contributed by atoms with van der Waals surface area (Å²) in [6.45, 7) is 4.82. The summed E-state index contributed by atoms with van der Waals surface area (Å²) in [5, 5.41) is 0.695. The number of benzene rings is 1. The van der Waals surface area contributed by atoms with Crippen LogP contribution < -0.4 is 10.5 Å². The summed E-state index contributed by atoms with van der Waals surface area (Å²) in [5.41, 5.74) is 7.21. The van der Waals surface area contributed by atoms with Crippen LogP contribution in [0.4, 0.5) is 0 Å². The van der Waals surface area contributed by atoms with Gasteiger partial charge in [0.05, 0.1) is 18.8 Å². The average Bonchev–Trinajstić information content (AvgIpc) is 2.81. The Kier molecular flexibility index (Phi) is 5.73. The Hall–Kier alpha value is -1.90. The lowest BCUT2D eigenvalue weighted by Crippen LogP contribution is -2.00. The van der Waals surface area contributed by atoms with Crippen LogP contribution in [0.25, 0.3) is 0 Å². The van der Waals surface area contributed by atoms with Gasteiger partial charge in [-0.25, -0.2) is 4.98 Å². The highest BCUT2D eigenvalue weighted by Crippen LogP contribution is 2.20. The predicted molar refractivity (Wildman–Crippen MR) is 84.6 cm³/mol. The van der Waals surface area contributed by atoms with E-state index < -0.39 is 0 Å². The molecule has 0 amide bonds. The van der Waals surface area contributed by atoms with Crippen LogP contribution in [0.1, 0.15) is 17.0 Å². The highest BCUT2D eigenvalue weighted by molar-refractivity contribution is 7.99. The molecule has 0 aliphatic carbocycles. The van der Waals surface area contributed by atoms with Crippen LogP contribution in [-0.2, 0) is 0 Å². The summed E-state index contributed by atoms with van der Waals surface area (Å²) in [6.07, 6.45) is 0. The maximum Gasteiger partial charge on any atom is 0.256 e. The second kappa shape index (κ2) is 7.77. The molecule has 0 radical (unpaired) electrons. The normalized spacial score (nSPS) is 10.0. The lowest BCUT2D eigenvalue weighted by molar-refractivity contribution is 0.343. The molecule has 0 saturated carbocycles. The highest BCUT2D eigenvalue weighted by Gasteiger charge is 2.05. The minimum Gasteiger partial charge on any atom is -0.493 e. The van der Waals surface area contributed by atoms with Crippen molar-refractivity contribution in [3.63, 3.8) is 0 Å². The Labute approximate surface area is 129 Å². The van der Waals surface area contributed by atoms with E-state index in [0.717, 1.165) is 28.5 Å². The Morgan fingerprint density at radius 3 is 2.67 bits per heavy atom. The first-order valence-electron chi connectivity index (χ1n) is 6.67. The van der Waals surface area contributed by atoms with Crippen molar-refractivity contribution in [1.29, 1.82) is 0 Å². The van der Waals surface area contributed by atoms with Crippen molar-refractivity contribution in [2.45, 2.75) is 19.1 Å². The minimum atomic E-state index is 0.370. The fraction of sp³-hybridized carbons (Fsp3) is 0.312. The van der Waals surface area contributed by atoms with E-state index in [0.29, 0.717) is 18.4 Å². The van der Waals surface area contributed by atoms with Crippen molar-refractivity contribution in [2.24, 2.45) is 5.73 Å². The largest absolute Gasteiger partial charge is 0.493 e. The molecular weight excluding hydrogens is 284 g/mol. The molecule has 2 rings (SSSR count). The maximum absolute atomic E-state index is 5.66. The molecule has 0 unspecified atom stereocenters. The number of nitrogens with two attached hydrogens (primary N) is 1. The van der Waals surface area contributed by atoms with Gasteiger partial charge in [0.2, 0.25) is 0 Å². The van der Waals surface area contributed by atoms with Crippen LogP contribution in [0.2, 0.25) is 0 Å². The lowest BCUT2D eigenvalue weighted by Gasteiger charge is -2.04. The van der Waals surface area contributed by atoms with E-state index in [1.807, 2.05) is 38.1 Å². The Bertz CT molecular complexity index is 619. The second-order valence-electron chi connectivity index (χ2n) is 4.35. The second-order valence-corrected chi connectivity index (χ2v) is 5.39. The van der Waals surface area contributed by atoms with Crippen molar-refractivity contribution in [2.75, 3.05) is 18.9 Å². The van der Waals surface area contributed by atoms with Crippen molar-refractivity contribution < 1.29 is 9.15 Å². The van der Waals surface area contributed by atoms with Gasteiger partial charge in [0.15, 0.2) is 0 Å². The summed E-state index contributed by atoms with van der Waals surface area (Å²) in [5.74, 6) is 8.27. The monoisotopic (exact) mass is 302 g/mol. The number of hydrogen-bond acceptors (Lipinski definition) is 5. The van der Waals surface area contributed by atoms with Crippen molar-refractivity contribution in [3.05, 3.63) is 41.3 Å². The molecule has 4 nitrogen and oxygen atoms in total. The van der Waals surface area contributed by atoms with Crippen molar-refractivity contribution >= 4 is 11.8 Å². The number of ether oxygens (including phenoxy) is 1. The van der Waals surface area contributed by atoms with E-state index in [-0.39, 0.29) is 0 Å². The molecule has 0 aliphatic heterocycles. The Balaban J connectivity index is 1.75. The minimum absolute atomic E-state index is 0.370. The van der Waals surface area contributed by atoms with E-state index in [1.54, 1.807) is 11.8 Å². The lowest BCUT2D eigenvalue weighted by atomic mass is 10.2. The van der Waals surface area contributed by atoms with Gasteiger partial charge < -0.3 is 14.9 Å². The fourth-order valence-corrected chi connectivity index (χ4v) is 2.31. The van der Waals surface area contributed by atoms with Gasteiger partial charge in [0, 0.05) is 11.3 Å². The summed E-state index contributed by atoms with van der Waals surface area (Å²) in [4.78, 5) is 4.31. The van der Waals surface area contributed by atoms with Crippen molar-refractivity contribution in [1.82, 2.24) is 4.98 Å². The molecule has 0 spiro atoms. The molecular formula is C16H18N2O2S. The summed E-state index contributed by atoms with van der Waals surface area (Å²) in [6, 6.07) is 7.66. The molecule has 110 valence electrons. The molecule has 0 fully saturated rings. The van der Waals surface area contributed by atoms with E-state index in [9.17, 15) is 0 Å². The molecule has 2 N–H and O–H groups in total. The molecule has 0 saturated heterocycles. The third-order valence-corrected chi connectivity index (χ3v) is 3.57. The first kappa shape index (κ1) is 15.5. The molecule has 21 heavy (non-hydrogen) atoms. The third-order valence-electron chi connectivity index (χ3n) is 2.78. The Morgan fingerprint density at radius 1 is 1.29 bits per heavy atom. The molecule has 0 aliphatic rings. The molecule has 2 aromatic rings. The van der Waals surface area contributed by atoms with Gasteiger partial charge in [-0.3, -0.25) is 0 Å². The molecule has 1 heterocycles. The summed E-state index contributed by atoms with van der Waals surface area (Å²) < 4.78 is 11.2. The average molecular weight is 302 g/mol. The van der Waals surface area contributed by atoms with E-state index in [4.69, 9.17) is 14.9 Å². The zero-order valence-electron chi connectivity index (χ0n) is 12.2. The maximum atomic E-state index is 5.66. The van der Waals surface area contributed by atoms with Crippen molar-refractivity contribution in [3.8, 4) is 17.6 Å². The quantitative estimate of drug-likeness (QED) is 0.523. The van der Waals surface area contributed by atoms with Gasteiger partial charge in [-0.1, -0.05) is 23.6 Å². The zero-order valence-corrected chi connectivity index (χ0v) is 13.0. The van der Waals surface area contributed by atoms with Gasteiger partial charge in [-0.15, -0.1) is 0 Å². The van der Waals surface area contributed by atoms with Crippen LogP contribution in [0, 0.1) is 25.7 Å². The number of hydrogen-bond donors (Lipinski definition) is 1. The number of rotatable bonds is 5. The number of oxazole rings is 1. The summed E-state index contributed by atoms with van der Waals surface area (Å²) >= 11 is 1.55. The Morgan fingerprint density at radius 2 is 2.05 bits per heavy atom. The van der Waals surface area contributed by atoms with Crippen LogP contribution in [0.15, 0.2) is 33.9 Å². The highest BCUT2D eigenvalue weighted by atomic mass is 32.2. The smallest absolute Gasteiger partial charge is 0.256 e.